The van der Waals surface area contributed by atoms with Gasteiger partial charge in [-0.1, -0.05) is 76.2 Å². The van der Waals surface area contributed by atoms with E-state index in [0.29, 0.717) is 6.54 Å². The molecule has 184 valence electrons. The van der Waals surface area contributed by atoms with E-state index < -0.39 is 5.54 Å². The van der Waals surface area contributed by atoms with Crippen molar-refractivity contribution in [1.82, 2.24) is 9.80 Å². The smallest absolute Gasteiger partial charge is 0.313 e. The van der Waals surface area contributed by atoms with Gasteiger partial charge in [0.2, 0.25) is 0 Å². The topological polar surface area (TPSA) is 40.6 Å². The SMILES string of the molecule is Cc1cc2c(cc1C1(c3ccc(CN4C(=O)N(C)C(C)(C)C4=O)cc3)CC1)C(C)(C)C=CC2(C)C. The van der Waals surface area contributed by atoms with Crippen LogP contribution in [-0.2, 0) is 27.6 Å². The highest BCUT2D eigenvalue weighted by molar-refractivity contribution is 6.06. The Morgan fingerprint density at radius 3 is 1.83 bits per heavy atom. The van der Waals surface area contributed by atoms with Crippen LogP contribution < -0.4 is 0 Å². The summed E-state index contributed by atoms with van der Waals surface area (Å²) in [6.45, 7) is 15.4. The summed E-state index contributed by atoms with van der Waals surface area (Å²) >= 11 is 0. The van der Waals surface area contributed by atoms with E-state index in [1.54, 1.807) is 20.9 Å². The van der Waals surface area contributed by atoms with Gasteiger partial charge in [-0.2, -0.15) is 0 Å². The summed E-state index contributed by atoms with van der Waals surface area (Å²) in [5.41, 5.74) is 7.30. The second kappa shape index (κ2) is 7.32. The predicted octanol–water partition coefficient (Wildman–Crippen LogP) is 6.37. The molecule has 0 N–H and O–H groups in total. The van der Waals surface area contributed by atoms with Crippen molar-refractivity contribution in [3.63, 3.8) is 0 Å². The quantitative estimate of drug-likeness (QED) is 0.385. The monoisotopic (exact) mass is 470 g/mol. The Balaban J connectivity index is 1.46. The molecule has 0 atom stereocenters. The molecule has 2 aromatic carbocycles. The number of carbonyl (C=O) groups excluding carboxylic acids is 2. The molecule has 2 aliphatic carbocycles. The summed E-state index contributed by atoms with van der Waals surface area (Å²) in [5, 5.41) is 0. The second-order valence-electron chi connectivity index (χ2n) is 12.6. The Kier molecular flexibility index (Phi) is 4.98. The van der Waals surface area contributed by atoms with Crippen LogP contribution in [0.4, 0.5) is 4.79 Å². The van der Waals surface area contributed by atoms with Crippen molar-refractivity contribution < 1.29 is 9.59 Å². The number of imide groups is 1. The summed E-state index contributed by atoms with van der Waals surface area (Å²) in [7, 11) is 1.69. The van der Waals surface area contributed by atoms with Gasteiger partial charge in [-0.15, -0.1) is 0 Å². The molecule has 2 fully saturated rings. The average Bonchev–Trinajstić information content (AvgIpc) is 3.58. The minimum absolute atomic E-state index is 0.0168. The Morgan fingerprint density at radius 2 is 1.34 bits per heavy atom. The highest BCUT2D eigenvalue weighted by Crippen LogP contribution is 2.56. The van der Waals surface area contributed by atoms with Crippen LogP contribution >= 0.6 is 0 Å². The molecule has 4 heteroatoms. The molecule has 2 aromatic rings. The summed E-state index contributed by atoms with van der Waals surface area (Å²) in [4.78, 5) is 28.3. The lowest BCUT2D eigenvalue weighted by Gasteiger charge is -2.38. The minimum Gasteiger partial charge on any atom is -0.313 e. The fraction of sp³-hybridized carbons (Fsp3) is 0.484. The molecule has 3 amide bonds. The molecule has 35 heavy (non-hydrogen) atoms. The normalized spacial score (nSPS) is 23.0. The zero-order valence-corrected chi connectivity index (χ0v) is 22.5. The van der Waals surface area contributed by atoms with Gasteiger partial charge in [-0.05, 0) is 67.0 Å². The van der Waals surface area contributed by atoms with Crippen molar-refractivity contribution in [3.8, 4) is 0 Å². The molecule has 4 nitrogen and oxygen atoms in total. The molecule has 1 aliphatic heterocycles. The molecule has 1 saturated carbocycles. The van der Waals surface area contributed by atoms with Gasteiger partial charge in [0.05, 0.1) is 6.54 Å². The Labute approximate surface area is 210 Å². The fourth-order valence-electron chi connectivity index (χ4n) is 5.96. The van der Waals surface area contributed by atoms with Gasteiger partial charge in [-0.3, -0.25) is 9.69 Å². The van der Waals surface area contributed by atoms with Gasteiger partial charge >= 0.3 is 6.03 Å². The maximum Gasteiger partial charge on any atom is 0.327 e. The number of hydrogen-bond acceptors (Lipinski definition) is 2. The van der Waals surface area contributed by atoms with E-state index in [4.69, 9.17) is 0 Å². The summed E-state index contributed by atoms with van der Waals surface area (Å²) in [6, 6.07) is 13.3. The van der Waals surface area contributed by atoms with Crippen molar-refractivity contribution in [2.75, 3.05) is 7.05 Å². The lowest BCUT2D eigenvalue weighted by Crippen LogP contribution is -2.41. The van der Waals surface area contributed by atoms with E-state index >= 15 is 0 Å². The van der Waals surface area contributed by atoms with E-state index in [1.807, 2.05) is 0 Å². The Hall–Kier alpha value is -2.88. The van der Waals surface area contributed by atoms with Crippen LogP contribution in [0.1, 0.15) is 87.8 Å². The van der Waals surface area contributed by atoms with Crippen LogP contribution in [0.3, 0.4) is 0 Å². The molecule has 0 aromatic heterocycles. The number of nitrogens with zero attached hydrogens (tertiary/aromatic N) is 2. The van der Waals surface area contributed by atoms with E-state index in [0.717, 1.165) is 18.4 Å². The average molecular weight is 471 g/mol. The number of likely N-dealkylation sites (N-methyl/N-ethyl adjacent to an activating group) is 1. The zero-order valence-electron chi connectivity index (χ0n) is 22.5. The van der Waals surface area contributed by atoms with Crippen molar-refractivity contribution in [1.29, 1.82) is 0 Å². The molecular weight excluding hydrogens is 432 g/mol. The molecule has 0 radical (unpaired) electrons. The largest absolute Gasteiger partial charge is 0.327 e. The van der Waals surface area contributed by atoms with Crippen molar-refractivity contribution in [2.24, 2.45) is 0 Å². The van der Waals surface area contributed by atoms with Gasteiger partial charge in [-0.25, -0.2) is 4.79 Å². The minimum atomic E-state index is -0.795. The van der Waals surface area contributed by atoms with E-state index in [9.17, 15) is 9.59 Å². The second-order valence-corrected chi connectivity index (χ2v) is 12.6. The lowest BCUT2D eigenvalue weighted by atomic mass is 9.66. The molecule has 0 spiro atoms. The van der Waals surface area contributed by atoms with Crippen molar-refractivity contribution in [2.45, 2.75) is 89.6 Å². The van der Waals surface area contributed by atoms with Crippen molar-refractivity contribution in [3.05, 3.63) is 81.9 Å². The summed E-state index contributed by atoms with van der Waals surface area (Å²) in [6.07, 6.45) is 7.01. The van der Waals surface area contributed by atoms with Gasteiger partial charge < -0.3 is 4.90 Å². The number of benzene rings is 2. The van der Waals surface area contributed by atoms with E-state index in [1.165, 1.54) is 37.6 Å². The first kappa shape index (κ1) is 23.8. The molecule has 0 unspecified atom stereocenters. The fourth-order valence-corrected chi connectivity index (χ4v) is 5.96. The number of aryl methyl sites for hydroxylation is 1. The number of carbonyl (C=O) groups is 2. The van der Waals surface area contributed by atoms with Gasteiger partial charge in [0, 0.05) is 23.3 Å². The third-order valence-corrected chi connectivity index (χ3v) is 8.91. The van der Waals surface area contributed by atoms with Crippen molar-refractivity contribution >= 4 is 11.9 Å². The highest BCUT2D eigenvalue weighted by Gasteiger charge is 2.50. The summed E-state index contributed by atoms with van der Waals surface area (Å²) in [5.74, 6) is -0.142. The maximum atomic E-state index is 12.8. The number of fused-ring (bicyclic) bond motifs is 1. The van der Waals surface area contributed by atoms with Crippen LogP contribution in [-0.4, -0.2) is 34.3 Å². The molecule has 3 aliphatic rings. The Morgan fingerprint density at radius 1 is 0.800 bits per heavy atom. The van der Waals surface area contributed by atoms with Crippen LogP contribution in [0.25, 0.3) is 0 Å². The number of amides is 3. The predicted molar refractivity (Wildman–Crippen MR) is 141 cm³/mol. The molecule has 1 heterocycles. The number of urea groups is 1. The zero-order chi connectivity index (χ0) is 25.6. The number of rotatable bonds is 4. The van der Waals surface area contributed by atoms with Crippen LogP contribution in [0, 0.1) is 6.92 Å². The van der Waals surface area contributed by atoms with E-state index in [2.05, 4.69) is 83.2 Å². The highest BCUT2D eigenvalue weighted by atomic mass is 16.2. The molecule has 1 saturated heterocycles. The number of hydrogen-bond donors (Lipinski definition) is 0. The van der Waals surface area contributed by atoms with Crippen LogP contribution in [0.2, 0.25) is 0 Å². The van der Waals surface area contributed by atoms with E-state index in [-0.39, 0.29) is 28.2 Å². The third kappa shape index (κ3) is 3.48. The first-order valence-corrected chi connectivity index (χ1v) is 12.8. The van der Waals surface area contributed by atoms with Gasteiger partial charge in [0.1, 0.15) is 5.54 Å². The van der Waals surface area contributed by atoms with Gasteiger partial charge in [0.15, 0.2) is 0 Å². The molecule has 0 bridgehead atoms. The van der Waals surface area contributed by atoms with Gasteiger partial charge in [0.25, 0.3) is 5.91 Å². The number of allylic oxidation sites excluding steroid dienone is 2. The molecular formula is C31H38N2O2. The summed E-state index contributed by atoms with van der Waals surface area (Å²) < 4.78 is 0. The first-order chi connectivity index (χ1) is 16.2. The standard InChI is InChI=1S/C31H38N2O2/c1-20-17-24-25(29(4,5)14-13-28(24,2)3)18-23(20)31(15-16-31)22-11-9-21(10-12-22)19-33-26(34)30(6,7)32(8)27(33)35/h9-14,17-18H,15-16,19H2,1-8H3. The van der Waals surface area contributed by atoms with Crippen LogP contribution in [0.15, 0.2) is 48.6 Å². The van der Waals surface area contributed by atoms with Crippen LogP contribution in [0.5, 0.6) is 0 Å². The first-order valence-electron chi connectivity index (χ1n) is 12.8. The third-order valence-electron chi connectivity index (χ3n) is 8.91. The molecule has 5 rings (SSSR count). The lowest BCUT2D eigenvalue weighted by molar-refractivity contribution is -0.132. The maximum absolute atomic E-state index is 12.8. The Bertz CT molecular complexity index is 1260.